The zero-order chi connectivity index (χ0) is 22.7. The summed E-state index contributed by atoms with van der Waals surface area (Å²) in [6, 6.07) is 0. The lowest BCUT2D eigenvalue weighted by atomic mass is 10.0. The highest BCUT2D eigenvalue weighted by molar-refractivity contribution is 4.79. The van der Waals surface area contributed by atoms with Gasteiger partial charge in [0.05, 0.1) is 0 Å². The van der Waals surface area contributed by atoms with Gasteiger partial charge in [-0.25, -0.2) is 0 Å². The van der Waals surface area contributed by atoms with Crippen molar-refractivity contribution in [3.8, 4) is 0 Å². The van der Waals surface area contributed by atoms with E-state index in [1.54, 1.807) is 0 Å². The maximum Gasteiger partial charge on any atom is 0.123 e. The van der Waals surface area contributed by atoms with Crippen LogP contribution in [0.4, 0.5) is 0 Å². The lowest BCUT2D eigenvalue weighted by Gasteiger charge is -2.06. The maximum atomic E-state index is 9.38. The Kier molecular flexibility index (Phi) is 27.1. The number of rotatable bonds is 26. The van der Waals surface area contributed by atoms with Crippen LogP contribution in [0.2, 0.25) is 0 Å². The van der Waals surface area contributed by atoms with Gasteiger partial charge in [0.25, 0.3) is 0 Å². The molecular formula is C29H59NO. The maximum absolute atomic E-state index is 9.38. The fourth-order valence-electron chi connectivity index (χ4n) is 4.25. The Bertz CT molecular complexity index is 342. The smallest absolute Gasteiger partial charge is 0.123 e. The summed E-state index contributed by atoms with van der Waals surface area (Å²) in [6.07, 6.45) is 37.2. The topological polar surface area (TPSA) is 32.3 Å². The molecule has 2 N–H and O–H groups in total. The summed E-state index contributed by atoms with van der Waals surface area (Å²) in [5.74, 6) is 0. The number of hydrogen-bond acceptors (Lipinski definition) is 2. The molecule has 2 nitrogen and oxygen atoms in total. The molecule has 1 atom stereocenters. The molecule has 0 saturated carbocycles. The molecule has 0 heterocycles. The van der Waals surface area contributed by atoms with Gasteiger partial charge in [-0.3, -0.25) is 0 Å². The molecule has 0 saturated heterocycles. The van der Waals surface area contributed by atoms with Crippen molar-refractivity contribution >= 4 is 0 Å². The van der Waals surface area contributed by atoms with E-state index in [4.69, 9.17) is 0 Å². The monoisotopic (exact) mass is 437 g/mol. The second-order valence-electron chi connectivity index (χ2n) is 9.71. The standard InChI is InChI=1S/C29H59NO/c1-3-5-6-7-8-9-10-11-12-13-14-15-16-17-18-19-20-21-22-23-24-25-26-27-28-30-29(31)4-2/h27-31H,3-26H2,1-2H3. The van der Waals surface area contributed by atoms with Crippen LogP contribution < -0.4 is 5.32 Å². The molecule has 2 heteroatoms. The average molecular weight is 438 g/mol. The van der Waals surface area contributed by atoms with E-state index >= 15 is 0 Å². The normalized spacial score (nSPS) is 12.6. The van der Waals surface area contributed by atoms with Crippen molar-refractivity contribution < 1.29 is 5.11 Å². The van der Waals surface area contributed by atoms with Crippen LogP contribution in [-0.4, -0.2) is 11.3 Å². The zero-order valence-electron chi connectivity index (χ0n) is 21.6. The minimum Gasteiger partial charge on any atom is -0.374 e. The van der Waals surface area contributed by atoms with Crippen LogP contribution in [0.5, 0.6) is 0 Å². The van der Waals surface area contributed by atoms with Crippen LogP contribution in [0.3, 0.4) is 0 Å². The fraction of sp³-hybridized carbons (Fsp3) is 0.931. The van der Waals surface area contributed by atoms with Gasteiger partial charge in [0.15, 0.2) is 0 Å². The Labute approximate surface area is 197 Å². The van der Waals surface area contributed by atoms with E-state index in [9.17, 15) is 5.11 Å². The van der Waals surface area contributed by atoms with Gasteiger partial charge in [0.1, 0.15) is 6.23 Å². The summed E-state index contributed by atoms with van der Waals surface area (Å²) in [5.41, 5.74) is 0. The third kappa shape index (κ3) is 27.5. The highest BCUT2D eigenvalue weighted by atomic mass is 16.3. The van der Waals surface area contributed by atoms with E-state index in [1.165, 1.54) is 141 Å². The highest BCUT2D eigenvalue weighted by Gasteiger charge is 1.96. The molecule has 0 aromatic rings. The molecule has 0 fully saturated rings. The van der Waals surface area contributed by atoms with Gasteiger partial charge in [-0.1, -0.05) is 155 Å². The largest absolute Gasteiger partial charge is 0.374 e. The zero-order valence-corrected chi connectivity index (χ0v) is 21.6. The minimum atomic E-state index is -0.388. The Balaban J connectivity index is 3.05. The number of nitrogens with one attached hydrogen (secondary N) is 1. The molecule has 0 radical (unpaired) electrons. The first-order valence-corrected chi connectivity index (χ1v) is 14.4. The Morgan fingerprint density at radius 3 is 1.16 bits per heavy atom. The molecule has 0 bridgehead atoms. The average Bonchev–Trinajstić information content (AvgIpc) is 2.78. The molecule has 0 rings (SSSR count). The molecular weight excluding hydrogens is 378 g/mol. The van der Waals surface area contributed by atoms with E-state index in [0.717, 1.165) is 12.8 Å². The van der Waals surface area contributed by atoms with Gasteiger partial charge in [-0.05, 0) is 25.5 Å². The van der Waals surface area contributed by atoms with Crippen molar-refractivity contribution in [1.82, 2.24) is 5.32 Å². The Morgan fingerprint density at radius 2 is 0.839 bits per heavy atom. The number of aliphatic hydroxyl groups is 1. The molecule has 0 spiro atoms. The molecule has 0 aliphatic carbocycles. The van der Waals surface area contributed by atoms with Crippen LogP contribution >= 0.6 is 0 Å². The summed E-state index contributed by atoms with van der Waals surface area (Å²) >= 11 is 0. The molecule has 1 unspecified atom stereocenters. The van der Waals surface area contributed by atoms with Crippen LogP contribution in [0, 0.1) is 0 Å². The van der Waals surface area contributed by atoms with Gasteiger partial charge in [-0.2, -0.15) is 0 Å². The molecule has 0 aromatic heterocycles. The van der Waals surface area contributed by atoms with Gasteiger partial charge in [0, 0.05) is 0 Å². The fourth-order valence-corrected chi connectivity index (χ4v) is 4.25. The van der Waals surface area contributed by atoms with E-state index in [-0.39, 0.29) is 6.23 Å². The number of aliphatic hydroxyl groups excluding tert-OH is 1. The van der Waals surface area contributed by atoms with Crippen LogP contribution in [0.15, 0.2) is 12.3 Å². The summed E-state index contributed by atoms with van der Waals surface area (Å²) in [4.78, 5) is 0. The van der Waals surface area contributed by atoms with Gasteiger partial charge in [-0.15, -0.1) is 0 Å². The Hall–Kier alpha value is -0.500. The van der Waals surface area contributed by atoms with Crippen LogP contribution in [0.1, 0.15) is 168 Å². The van der Waals surface area contributed by atoms with E-state index < -0.39 is 0 Å². The van der Waals surface area contributed by atoms with Crippen molar-refractivity contribution in [2.45, 2.75) is 174 Å². The molecule has 0 aromatic carbocycles. The minimum absolute atomic E-state index is 0.388. The number of hydrogen-bond donors (Lipinski definition) is 2. The second-order valence-corrected chi connectivity index (χ2v) is 9.71. The van der Waals surface area contributed by atoms with Crippen molar-refractivity contribution in [3.63, 3.8) is 0 Å². The van der Waals surface area contributed by atoms with Crippen molar-refractivity contribution in [2.24, 2.45) is 0 Å². The third-order valence-electron chi connectivity index (χ3n) is 6.52. The molecule has 0 aliphatic heterocycles. The first-order valence-electron chi connectivity index (χ1n) is 14.4. The number of unbranched alkanes of at least 4 members (excludes halogenated alkanes) is 22. The van der Waals surface area contributed by atoms with Crippen molar-refractivity contribution in [3.05, 3.63) is 12.3 Å². The Morgan fingerprint density at radius 1 is 0.516 bits per heavy atom. The molecule has 186 valence electrons. The van der Waals surface area contributed by atoms with Gasteiger partial charge >= 0.3 is 0 Å². The summed E-state index contributed by atoms with van der Waals surface area (Å²) in [6.45, 7) is 4.28. The highest BCUT2D eigenvalue weighted by Crippen LogP contribution is 2.15. The third-order valence-corrected chi connectivity index (χ3v) is 6.52. The van der Waals surface area contributed by atoms with Gasteiger partial charge < -0.3 is 10.4 Å². The van der Waals surface area contributed by atoms with Gasteiger partial charge in [0.2, 0.25) is 0 Å². The predicted octanol–water partition coefficient (Wildman–Crippen LogP) is 9.81. The summed E-state index contributed by atoms with van der Waals surface area (Å²) in [7, 11) is 0. The van der Waals surface area contributed by atoms with Crippen LogP contribution in [-0.2, 0) is 0 Å². The van der Waals surface area contributed by atoms with E-state index in [0.29, 0.717) is 0 Å². The second kappa shape index (κ2) is 27.5. The summed E-state index contributed by atoms with van der Waals surface area (Å²) < 4.78 is 0. The first-order chi connectivity index (χ1) is 15.3. The summed E-state index contributed by atoms with van der Waals surface area (Å²) in [5, 5.41) is 12.4. The molecule has 0 aliphatic rings. The SMILES string of the molecule is CCCCCCCCCCCCCCCCCCCCCCCCC=CNC(O)CC. The lowest BCUT2D eigenvalue weighted by Crippen LogP contribution is -2.21. The van der Waals surface area contributed by atoms with Crippen molar-refractivity contribution in [2.75, 3.05) is 0 Å². The molecule has 31 heavy (non-hydrogen) atoms. The molecule has 0 amide bonds. The number of allylic oxidation sites excluding steroid dienone is 1. The lowest BCUT2D eigenvalue weighted by molar-refractivity contribution is 0.149. The predicted molar refractivity (Wildman–Crippen MR) is 140 cm³/mol. The van der Waals surface area contributed by atoms with E-state index in [1.807, 2.05) is 13.1 Å². The first kappa shape index (κ1) is 30.5. The van der Waals surface area contributed by atoms with Crippen LogP contribution in [0.25, 0.3) is 0 Å². The van der Waals surface area contributed by atoms with E-state index in [2.05, 4.69) is 18.3 Å². The quantitative estimate of drug-likeness (QED) is 0.104. The van der Waals surface area contributed by atoms with Crippen molar-refractivity contribution in [1.29, 1.82) is 0 Å².